The molecule has 0 saturated carbocycles. The number of carbonyl (C=O) groups is 1. The van der Waals surface area contributed by atoms with E-state index in [0.717, 1.165) is 5.56 Å². The summed E-state index contributed by atoms with van der Waals surface area (Å²) in [7, 11) is 1.68. The average Bonchev–Trinajstić information content (AvgIpc) is 2.94. The predicted molar refractivity (Wildman–Crippen MR) is 81.5 cm³/mol. The molecule has 5 nitrogen and oxygen atoms in total. The van der Waals surface area contributed by atoms with Gasteiger partial charge in [-0.05, 0) is 25.5 Å². The maximum absolute atomic E-state index is 12.3. The van der Waals surface area contributed by atoms with Crippen LogP contribution in [0.15, 0.2) is 41.3 Å². The third-order valence-corrected chi connectivity index (χ3v) is 4.73. The topological polar surface area (TPSA) is 58.6 Å². The van der Waals surface area contributed by atoms with Gasteiger partial charge in [-0.3, -0.25) is 9.63 Å². The maximum atomic E-state index is 12.3. The Morgan fingerprint density at radius 3 is 2.67 bits per heavy atom. The van der Waals surface area contributed by atoms with Crippen molar-refractivity contribution in [2.24, 2.45) is 5.92 Å². The lowest BCUT2D eigenvalue weighted by atomic mass is 10.0. The van der Waals surface area contributed by atoms with E-state index >= 15 is 0 Å². The number of hydroxylamine groups is 2. The maximum Gasteiger partial charge on any atom is 0.251 e. The summed E-state index contributed by atoms with van der Waals surface area (Å²) in [6, 6.07) is 7.24. The monoisotopic (exact) mass is 308 g/mol. The smallest absolute Gasteiger partial charge is 0.251 e. The number of hydrogen-bond acceptors (Lipinski definition) is 3. The van der Waals surface area contributed by atoms with Crippen molar-refractivity contribution in [2.75, 3.05) is 14.2 Å². The van der Waals surface area contributed by atoms with E-state index in [-0.39, 0.29) is 17.9 Å². The van der Waals surface area contributed by atoms with Crippen molar-refractivity contribution >= 4 is 16.9 Å². The predicted octanol–water partition coefficient (Wildman–Crippen LogP) is 1.57. The highest BCUT2D eigenvalue weighted by Crippen LogP contribution is 2.22. The molecule has 1 N–H and O–H groups in total. The van der Waals surface area contributed by atoms with Crippen molar-refractivity contribution in [3.63, 3.8) is 0 Å². The molecule has 1 amide bonds. The minimum atomic E-state index is -1.35. The molecule has 0 aliphatic heterocycles. The summed E-state index contributed by atoms with van der Waals surface area (Å²) in [5.41, 5.74) is 1.12. The van der Waals surface area contributed by atoms with Crippen molar-refractivity contribution < 1.29 is 13.8 Å². The van der Waals surface area contributed by atoms with Crippen LogP contribution in [0.3, 0.4) is 0 Å². The molecule has 21 heavy (non-hydrogen) atoms. The summed E-state index contributed by atoms with van der Waals surface area (Å²) in [6.07, 6.45) is 4.43. The number of allylic oxidation sites excluding steroid dienone is 1. The summed E-state index contributed by atoms with van der Waals surface area (Å²) in [6.45, 7) is 1.98. The van der Waals surface area contributed by atoms with E-state index in [9.17, 15) is 9.00 Å². The van der Waals surface area contributed by atoms with Crippen LogP contribution in [0.1, 0.15) is 12.0 Å². The van der Waals surface area contributed by atoms with E-state index < -0.39 is 11.0 Å². The van der Waals surface area contributed by atoms with Crippen LogP contribution in [0, 0.1) is 12.8 Å². The number of nitrogens with zero attached hydrogens (tertiary/aromatic N) is 1. The highest BCUT2D eigenvalue weighted by molar-refractivity contribution is 7.83. The number of rotatable bonds is 5. The van der Waals surface area contributed by atoms with Crippen molar-refractivity contribution in [3.05, 3.63) is 42.0 Å². The number of nitrogens with one attached hydrogen (secondary N) is 1. The highest BCUT2D eigenvalue weighted by atomic mass is 32.2. The van der Waals surface area contributed by atoms with E-state index in [1.165, 1.54) is 12.2 Å². The Morgan fingerprint density at radius 2 is 2.05 bits per heavy atom. The molecule has 1 aliphatic rings. The van der Waals surface area contributed by atoms with E-state index in [2.05, 4.69) is 4.72 Å². The average molecular weight is 308 g/mol. The van der Waals surface area contributed by atoms with Gasteiger partial charge in [-0.2, -0.15) is 0 Å². The molecule has 1 aromatic rings. The van der Waals surface area contributed by atoms with Gasteiger partial charge >= 0.3 is 0 Å². The second-order valence-corrected chi connectivity index (χ2v) is 6.26. The lowest BCUT2D eigenvalue weighted by Crippen LogP contribution is -2.42. The number of benzene rings is 1. The Balaban J connectivity index is 2.04. The van der Waals surface area contributed by atoms with Crippen LogP contribution in [0.25, 0.3) is 0 Å². The first-order chi connectivity index (χ1) is 10.0. The normalized spacial score (nSPS) is 22.2. The third kappa shape index (κ3) is 3.78. The van der Waals surface area contributed by atoms with Gasteiger partial charge in [-0.25, -0.2) is 14.0 Å². The highest BCUT2D eigenvalue weighted by Gasteiger charge is 2.32. The summed E-state index contributed by atoms with van der Waals surface area (Å²) >= 11 is 0. The number of carbonyl (C=O) groups excluding carboxylic acids is 1. The van der Waals surface area contributed by atoms with Gasteiger partial charge < -0.3 is 0 Å². The lowest BCUT2D eigenvalue weighted by Gasteiger charge is -2.23. The number of amides is 1. The standard InChI is InChI=1S/C15H20N2O3S/c1-11-7-9-12(10-8-11)21(19)16-14-6-4-5-13(14)15(18)17(2)20-3/h4,6-10,13-14,16H,5H2,1-3H3/t13-,14+,21?/m1/s1. The van der Waals surface area contributed by atoms with E-state index in [1.54, 1.807) is 7.05 Å². The second-order valence-electron chi connectivity index (χ2n) is 5.01. The van der Waals surface area contributed by atoms with Gasteiger partial charge in [0.15, 0.2) is 0 Å². The molecule has 0 heterocycles. The van der Waals surface area contributed by atoms with E-state index in [4.69, 9.17) is 4.84 Å². The number of hydrogen-bond donors (Lipinski definition) is 1. The minimum Gasteiger partial charge on any atom is -0.275 e. The zero-order valence-electron chi connectivity index (χ0n) is 12.4. The Morgan fingerprint density at radius 1 is 1.38 bits per heavy atom. The van der Waals surface area contributed by atoms with Crippen LogP contribution in [-0.2, 0) is 20.6 Å². The van der Waals surface area contributed by atoms with Gasteiger partial charge in [0.2, 0.25) is 0 Å². The van der Waals surface area contributed by atoms with Gasteiger partial charge in [-0.1, -0.05) is 29.8 Å². The lowest BCUT2D eigenvalue weighted by molar-refractivity contribution is -0.173. The molecule has 0 saturated heterocycles. The first-order valence-electron chi connectivity index (χ1n) is 6.76. The molecule has 0 fully saturated rings. The summed E-state index contributed by atoms with van der Waals surface area (Å²) in [5.74, 6) is -0.412. The van der Waals surface area contributed by atoms with Crippen molar-refractivity contribution in [1.82, 2.24) is 9.79 Å². The zero-order valence-corrected chi connectivity index (χ0v) is 13.2. The van der Waals surface area contributed by atoms with Gasteiger partial charge in [-0.15, -0.1) is 0 Å². The van der Waals surface area contributed by atoms with Crippen molar-refractivity contribution in [1.29, 1.82) is 0 Å². The quantitative estimate of drug-likeness (QED) is 0.663. The van der Waals surface area contributed by atoms with Crippen LogP contribution in [0.4, 0.5) is 0 Å². The molecule has 6 heteroatoms. The van der Waals surface area contributed by atoms with Crippen LogP contribution in [0.2, 0.25) is 0 Å². The van der Waals surface area contributed by atoms with Crippen LogP contribution in [0.5, 0.6) is 0 Å². The molecule has 1 unspecified atom stereocenters. The first kappa shape index (κ1) is 15.9. The molecule has 3 atom stereocenters. The van der Waals surface area contributed by atoms with Gasteiger partial charge in [0.1, 0.15) is 11.0 Å². The molecule has 0 radical (unpaired) electrons. The summed E-state index contributed by atoms with van der Waals surface area (Å²) in [5, 5.41) is 1.21. The SMILES string of the molecule is CON(C)C(=O)[C@@H]1CC=C[C@@H]1NS(=O)c1ccc(C)cc1. The van der Waals surface area contributed by atoms with E-state index in [0.29, 0.717) is 11.3 Å². The van der Waals surface area contributed by atoms with Crippen LogP contribution in [-0.4, -0.2) is 35.4 Å². The first-order valence-corrected chi connectivity index (χ1v) is 7.91. The fourth-order valence-corrected chi connectivity index (χ4v) is 3.21. The number of aryl methyl sites for hydroxylation is 1. The Hall–Kier alpha value is -1.50. The second kappa shape index (κ2) is 6.98. The largest absolute Gasteiger partial charge is 0.275 e. The molecular formula is C15H20N2O3S. The fraction of sp³-hybridized carbons (Fsp3) is 0.400. The molecule has 1 aliphatic carbocycles. The Kier molecular flexibility index (Phi) is 5.27. The van der Waals surface area contributed by atoms with Crippen LogP contribution >= 0.6 is 0 Å². The molecular weight excluding hydrogens is 288 g/mol. The minimum absolute atomic E-state index is 0.124. The van der Waals surface area contributed by atoms with E-state index in [1.807, 2.05) is 43.3 Å². The van der Waals surface area contributed by atoms with Gasteiger partial charge in [0, 0.05) is 13.1 Å². The fourth-order valence-electron chi connectivity index (χ4n) is 2.21. The molecule has 0 spiro atoms. The molecule has 114 valence electrons. The Labute approximate surface area is 127 Å². The molecule has 0 aromatic heterocycles. The molecule has 1 aromatic carbocycles. The van der Waals surface area contributed by atoms with Gasteiger partial charge in [0.05, 0.1) is 17.9 Å². The third-order valence-electron chi connectivity index (χ3n) is 3.55. The van der Waals surface area contributed by atoms with Crippen molar-refractivity contribution in [2.45, 2.75) is 24.3 Å². The van der Waals surface area contributed by atoms with Crippen LogP contribution < -0.4 is 4.72 Å². The molecule has 0 bridgehead atoms. The Bertz CT molecular complexity index is 557. The summed E-state index contributed by atoms with van der Waals surface area (Å²) < 4.78 is 15.3. The van der Waals surface area contributed by atoms with Crippen molar-refractivity contribution in [3.8, 4) is 0 Å². The zero-order chi connectivity index (χ0) is 15.4. The summed E-state index contributed by atoms with van der Waals surface area (Å²) in [4.78, 5) is 17.8. The van der Waals surface area contributed by atoms with Gasteiger partial charge in [0.25, 0.3) is 5.91 Å². The molecule has 2 rings (SSSR count).